The molecule has 2 aliphatic rings. The van der Waals surface area contributed by atoms with Crippen LogP contribution < -0.4 is 4.90 Å². The van der Waals surface area contributed by atoms with E-state index in [4.69, 9.17) is 0 Å². The molecule has 0 unspecified atom stereocenters. The first-order valence-corrected chi connectivity index (χ1v) is 8.57. The first-order chi connectivity index (χ1) is 10.2. The molecule has 1 aliphatic carbocycles. The predicted molar refractivity (Wildman–Crippen MR) is 87.5 cm³/mol. The summed E-state index contributed by atoms with van der Waals surface area (Å²) in [5.41, 5.74) is 5.08. The van der Waals surface area contributed by atoms with Crippen LogP contribution in [0.2, 0.25) is 0 Å². The minimum atomic E-state index is 0.197. The Labute approximate surface area is 129 Å². The molecular formula is C18H19NOS. The van der Waals surface area contributed by atoms with Gasteiger partial charge in [-0.15, -0.1) is 11.3 Å². The molecule has 2 nitrogen and oxygen atoms in total. The fourth-order valence-corrected chi connectivity index (χ4v) is 4.79. The summed E-state index contributed by atoms with van der Waals surface area (Å²) in [7, 11) is 0. The van der Waals surface area contributed by atoms with Gasteiger partial charge in [0.2, 0.25) is 0 Å². The van der Waals surface area contributed by atoms with E-state index in [1.54, 1.807) is 11.3 Å². The predicted octanol–water partition coefficient (Wildman–Crippen LogP) is 4.14. The maximum absolute atomic E-state index is 12.9. The second-order valence-corrected chi connectivity index (χ2v) is 7.19. The summed E-state index contributed by atoms with van der Waals surface area (Å²) in [5, 5.41) is 0. The SMILES string of the molecule is Cc1cccc2c1N(C(=O)c1cc3c(s1)CCCC3)CC2. The van der Waals surface area contributed by atoms with Gasteiger partial charge in [-0.1, -0.05) is 18.2 Å². The Hall–Kier alpha value is -1.61. The Morgan fingerprint density at radius 2 is 2.00 bits per heavy atom. The van der Waals surface area contributed by atoms with E-state index in [1.165, 1.54) is 34.4 Å². The van der Waals surface area contributed by atoms with E-state index in [1.807, 2.05) is 4.90 Å². The van der Waals surface area contributed by atoms with Crippen molar-refractivity contribution in [3.63, 3.8) is 0 Å². The summed E-state index contributed by atoms with van der Waals surface area (Å²) >= 11 is 1.72. The molecule has 0 N–H and O–H groups in total. The van der Waals surface area contributed by atoms with Crippen molar-refractivity contribution < 1.29 is 4.79 Å². The van der Waals surface area contributed by atoms with Gasteiger partial charge in [-0.05, 0) is 61.8 Å². The molecule has 2 aromatic rings. The van der Waals surface area contributed by atoms with E-state index in [0.29, 0.717) is 0 Å². The Bertz CT molecular complexity index is 693. The first-order valence-electron chi connectivity index (χ1n) is 7.76. The van der Waals surface area contributed by atoms with Crippen LogP contribution >= 0.6 is 11.3 Å². The zero-order valence-corrected chi connectivity index (χ0v) is 13.1. The van der Waals surface area contributed by atoms with E-state index >= 15 is 0 Å². The fourth-order valence-electron chi connectivity index (χ4n) is 3.58. The quantitative estimate of drug-likeness (QED) is 0.774. The molecule has 0 atom stereocenters. The number of fused-ring (bicyclic) bond motifs is 2. The zero-order chi connectivity index (χ0) is 14.4. The number of benzene rings is 1. The molecule has 0 fully saturated rings. The van der Waals surface area contributed by atoms with Gasteiger partial charge in [-0.3, -0.25) is 4.79 Å². The summed E-state index contributed by atoms with van der Waals surface area (Å²) in [6.45, 7) is 2.92. The number of hydrogen-bond acceptors (Lipinski definition) is 2. The molecule has 1 amide bonds. The van der Waals surface area contributed by atoms with Crippen LogP contribution in [0.4, 0.5) is 5.69 Å². The van der Waals surface area contributed by atoms with Crippen LogP contribution in [0.3, 0.4) is 0 Å². The highest BCUT2D eigenvalue weighted by atomic mass is 32.1. The van der Waals surface area contributed by atoms with Gasteiger partial charge < -0.3 is 4.90 Å². The molecule has 1 aliphatic heterocycles. The molecule has 1 aromatic heterocycles. The first kappa shape index (κ1) is 13.1. The fraction of sp³-hybridized carbons (Fsp3) is 0.389. The molecule has 0 spiro atoms. The van der Waals surface area contributed by atoms with Crippen LogP contribution in [-0.2, 0) is 19.3 Å². The highest BCUT2D eigenvalue weighted by molar-refractivity contribution is 7.14. The molecule has 108 valence electrons. The normalized spacial score (nSPS) is 16.7. The highest BCUT2D eigenvalue weighted by Gasteiger charge is 2.28. The van der Waals surface area contributed by atoms with Crippen LogP contribution in [-0.4, -0.2) is 12.5 Å². The molecule has 0 saturated heterocycles. The number of hydrogen-bond donors (Lipinski definition) is 0. The lowest BCUT2D eigenvalue weighted by atomic mass is 9.99. The molecule has 0 saturated carbocycles. The minimum Gasteiger partial charge on any atom is -0.307 e. The average molecular weight is 297 g/mol. The monoisotopic (exact) mass is 297 g/mol. The summed E-state index contributed by atoms with van der Waals surface area (Å²) in [5.74, 6) is 0.197. The average Bonchev–Trinajstić information content (AvgIpc) is 3.11. The van der Waals surface area contributed by atoms with E-state index in [2.05, 4.69) is 31.2 Å². The van der Waals surface area contributed by atoms with Gasteiger partial charge in [-0.25, -0.2) is 0 Å². The molecule has 0 radical (unpaired) electrons. The summed E-state index contributed by atoms with van der Waals surface area (Å²) in [4.78, 5) is 17.3. The van der Waals surface area contributed by atoms with Crippen LogP contribution in [0, 0.1) is 6.92 Å². The third-order valence-electron chi connectivity index (χ3n) is 4.65. The largest absolute Gasteiger partial charge is 0.307 e. The third kappa shape index (κ3) is 2.11. The topological polar surface area (TPSA) is 20.3 Å². The maximum atomic E-state index is 12.9. The van der Waals surface area contributed by atoms with E-state index < -0.39 is 0 Å². The number of anilines is 1. The number of amides is 1. The van der Waals surface area contributed by atoms with Crippen molar-refractivity contribution in [2.75, 3.05) is 11.4 Å². The number of carbonyl (C=O) groups is 1. The number of nitrogens with zero attached hydrogens (tertiary/aromatic N) is 1. The molecule has 4 rings (SSSR count). The van der Waals surface area contributed by atoms with Crippen molar-refractivity contribution in [3.05, 3.63) is 50.7 Å². The van der Waals surface area contributed by atoms with Crippen molar-refractivity contribution in [3.8, 4) is 0 Å². The standard InChI is InChI=1S/C18H19NOS/c1-12-5-4-7-13-9-10-19(17(12)13)18(20)16-11-14-6-2-3-8-15(14)21-16/h4-5,7,11H,2-3,6,8-10H2,1H3. The molecule has 2 heterocycles. The van der Waals surface area contributed by atoms with Gasteiger partial charge in [0.05, 0.1) is 10.6 Å². The van der Waals surface area contributed by atoms with Crippen molar-refractivity contribution in [2.24, 2.45) is 0 Å². The minimum absolute atomic E-state index is 0.197. The van der Waals surface area contributed by atoms with Crippen LogP contribution in [0.5, 0.6) is 0 Å². The highest BCUT2D eigenvalue weighted by Crippen LogP contribution is 2.35. The Morgan fingerprint density at radius 3 is 2.86 bits per heavy atom. The molecular weight excluding hydrogens is 278 g/mol. The lowest BCUT2D eigenvalue weighted by Crippen LogP contribution is -2.28. The molecule has 1 aromatic carbocycles. The van der Waals surface area contributed by atoms with E-state index in [9.17, 15) is 4.79 Å². The second-order valence-electron chi connectivity index (χ2n) is 6.06. The van der Waals surface area contributed by atoms with Crippen molar-refractivity contribution in [2.45, 2.75) is 39.0 Å². The Kier molecular flexibility index (Phi) is 3.11. The number of rotatable bonds is 1. The summed E-state index contributed by atoms with van der Waals surface area (Å²) in [6.07, 6.45) is 5.82. The van der Waals surface area contributed by atoms with E-state index in [0.717, 1.165) is 36.4 Å². The van der Waals surface area contributed by atoms with Gasteiger partial charge in [0.1, 0.15) is 0 Å². The lowest BCUT2D eigenvalue weighted by Gasteiger charge is -2.18. The molecule has 0 bridgehead atoms. The smallest absolute Gasteiger partial charge is 0.268 e. The third-order valence-corrected chi connectivity index (χ3v) is 5.87. The number of aryl methyl sites for hydroxylation is 3. The second kappa shape index (κ2) is 4.99. The number of para-hydroxylation sites is 1. The van der Waals surface area contributed by atoms with Crippen LogP contribution in [0.25, 0.3) is 0 Å². The van der Waals surface area contributed by atoms with Crippen LogP contribution in [0.1, 0.15) is 44.1 Å². The summed E-state index contributed by atoms with van der Waals surface area (Å²) in [6, 6.07) is 8.49. The van der Waals surface area contributed by atoms with Crippen molar-refractivity contribution >= 4 is 22.9 Å². The van der Waals surface area contributed by atoms with E-state index in [-0.39, 0.29) is 5.91 Å². The number of carbonyl (C=O) groups excluding carboxylic acids is 1. The van der Waals surface area contributed by atoms with Gasteiger partial charge in [-0.2, -0.15) is 0 Å². The lowest BCUT2D eigenvalue weighted by molar-refractivity contribution is 0.0993. The Balaban J connectivity index is 1.69. The molecule has 3 heteroatoms. The van der Waals surface area contributed by atoms with Gasteiger partial charge >= 0.3 is 0 Å². The zero-order valence-electron chi connectivity index (χ0n) is 12.3. The maximum Gasteiger partial charge on any atom is 0.268 e. The van der Waals surface area contributed by atoms with Gasteiger partial charge in [0.25, 0.3) is 5.91 Å². The van der Waals surface area contributed by atoms with Crippen molar-refractivity contribution in [1.29, 1.82) is 0 Å². The van der Waals surface area contributed by atoms with Gasteiger partial charge in [0.15, 0.2) is 0 Å². The molecule has 21 heavy (non-hydrogen) atoms. The summed E-state index contributed by atoms with van der Waals surface area (Å²) < 4.78 is 0. The van der Waals surface area contributed by atoms with Gasteiger partial charge in [0, 0.05) is 11.4 Å². The van der Waals surface area contributed by atoms with Crippen LogP contribution in [0.15, 0.2) is 24.3 Å². The number of thiophene rings is 1. The van der Waals surface area contributed by atoms with Crippen molar-refractivity contribution in [1.82, 2.24) is 0 Å². The Morgan fingerprint density at radius 1 is 1.14 bits per heavy atom.